The van der Waals surface area contributed by atoms with Gasteiger partial charge in [0.1, 0.15) is 11.6 Å². The molecule has 1 aliphatic heterocycles. The van der Waals surface area contributed by atoms with E-state index in [1.807, 2.05) is 24.8 Å². The molecule has 1 aromatic rings. The third-order valence-corrected chi connectivity index (χ3v) is 2.98. The molecule has 2 rings (SSSR count). The van der Waals surface area contributed by atoms with Crippen LogP contribution in [0, 0.1) is 6.92 Å². The molecule has 98 valence electrons. The molecule has 1 aromatic heterocycles. The number of piperazine rings is 1. The summed E-state index contributed by atoms with van der Waals surface area (Å²) in [5, 5.41) is 2.82. The van der Waals surface area contributed by atoms with Crippen molar-refractivity contribution in [3.8, 4) is 0 Å². The minimum Gasteiger partial charge on any atom is -0.353 e. The van der Waals surface area contributed by atoms with Gasteiger partial charge in [-0.15, -0.1) is 0 Å². The molecule has 1 aliphatic rings. The number of aryl methyl sites for hydroxylation is 1. The van der Waals surface area contributed by atoms with Gasteiger partial charge in [-0.1, -0.05) is 0 Å². The second kappa shape index (κ2) is 5.66. The van der Waals surface area contributed by atoms with Gasteiger partial charge in [0.2, 0.25) is 0 Å². The predicted molar refractivity (Wildman–Crippen MR) is 69.6 cm³/mol. The molecular weight excluding hydrogens is 230 g/mol. The van der Waals surface area contributed by atoms with Crippen LogP contribution < -0.4 is 10.2 Å². The first-order valence-electron chi connectivity index (χ1n) is 6.28. The van der Waals surface area contributed by atoms with Crippen molar-refractivity contribution >= 4 is 11.8 Å². The van der Waals surface area contributed by atoms with Gasteiger partial charge in [0, 0.05) is 38.9 Å². The van der Waals surface area contributed by atoms with E-state index in [0.29, 0.717) is 6.54 Å². The number of rotatable bonds is 2. The summed E-state index contributed by atoms with van der Waals surface area (Å²) in [4.78, 5) is 24.2. The summed E-state index contributed by atoms with van der Waals surface area (Å²) in [7, 11) is 0. The fourth-order valence-corrected chi connectivity index (χ4v) is 2.02. The van der Waals surface area contributed by atoms with Crippen molar-refractivity contribution in [2.45, 2.75) is 13.8 Å². The van der Waals surface area contributed by atoms with E-state index in [1.54, 1.807) is 6.20 Å². The Morgan fingerprint density at radius 2 is 2.11 bits per heavy atom. The number of hydrogen-bond donors (Lipinski definition) is 1. The van der Waals surface area contributed by atoms with E-state index >= 15 is 0 Å². The fourth-order valence-electron chi connectivity index (χ4n) is 2.02. The average molecular weight is 249 g/mol. The van der Waals surface area contributed by atoms with Crippen LogP contribution in [0.3, 0.4) is 0 Å². The molecular formula is C12H19N5O. The summed E-state index contributed by atoms with van der Waals surface area (Å²) in [6.45, 7) is 7.57. The van der Waals surface area contributed by atoms with E-state index in [1.165, 1.54) is 0 Å². The van der Waals surface area contributed by atoms with Crippen LogP contribution in [-0.4, -0.2) is 53.6 Å². The molecule has 1 fully saturated rings. The molecule has 0 radical (unpaired) electrons. The lowest BCUT2D eigenvalue weighted by Crippen LogP contribution is -2.52. The van der Waals surface area contributed by atoms with Crippen molar-refractivity contribution < 1.29 is 4.79 Å². The first kappa shape index (κ1) is 12.6. The number of amides is 2. The van der Waals surface area contributed by atoms with E-state index in [2.05, 4.69) is 20.2 Å². The lowest BCUT2D eigenvalue weighted by molar-refractivity contribution is 0.195. The van der Waals surface area contributed by atoms with Crippen molar-refractivity contribution in [3.63, 3.8) is 0 Å². The van der Waals surface area contributed by atoms with Crippen molar-refractivity contribution in [1.29, 1.82) is 0 Å². The lowest BCUT2D eigenvalue weighted by Gasteiger charge is -2.35. The van der Waals surface area contributed by atoms with Gasteiger partial charge in [0.25, 0.3) is 0 Å². The summed E-state index contributed by atoms with van der Waals surface area (Å²) < 4.78 is 0. The van der Waals surface area contributed by atoms with E-state index in [0.717, 1.165) is 37.8 Å². The third kappa shape index (κ3) is 2.88. The van der Waals surface area contributed by atoms with Crippen LogP contribution in [0.15, 0.2) is 12.3 Å². The number of hydrogen-bond acceptors (Lipinski definition) is 4. The minimum absolute atomic E-state index is 0.0241. The van der Waals surface area contributed by atoms with Crippen molar-refractivity contribution in [1.82, 2.24) is 20.2 Å². The van der Waals surface area contributed by atoms with Gasteiger partial charge in [-0.05, 0) is 19.9 Å². The molecule has 6 heteroatoms. The molecule has 1 saturated heterocycles. The summed E-state index contributed by atoms with van der Waals surface area (Å²) in [6, 6.07) is 1.94. The SMILES string of the molecule is CCNC(=O)N1CCN(c2ccnc(C)n2)CC1. The van der Waals surface area contributed by atoms with Crippen LogP contribution in [0.2, 0.25) is 0 Å². The first-order valence-corrected chi connectivity index (χ1v) is 6.28. The first-order chi connectivity index (χ1) is 8.70. The lowest BCUT2D eigenvalue weighted by atomic mass is 10.3. The molecule has 2 amide bonds. The Morgan fingerprint density at radius 1 is 1.39 bits per heavy atom. The van der Waals surface area contributed by atoms with Crippen LogP contribution in [0.4, 0.5) is 10.6 Å². The summed E-state index contributed by atoms with van der Waals surface area (Å²) in [6.07, 6.45) is 1.77. The number of carbonyl (C=O) groups is 1. The Kier molecular flexibility index (Phi) is 3.96. The molecule has 2 heterocycles. The van der Waals surface area contributed by atoms with Crippen LogP contribution in [-0.2, 0) is 0 Å². The van der Waals surface area contributed by atoms with Crippen LogP contribution in [0.1, 0.15) is 12.7 Å². The van der Waals surface area contributed by atoms with E-state index in [-0.39, 0.29) is 6.03 Å². The average Bonchev–Trinajstić information content (AvgIpc) is 2.39. The number of aromatic nitrogens is 2. The standard InChI is InChI=1S/C12H19N5O/c1-3-13-12(18)17-8-6-16(7-9-17)11-4-5-14-10(2)15-11/h4-5H,3,6-9H2,1-2H3,(H,13,18). The fraction of sp³-hybridized carbons (Fsp3) is 0.583. The van der Waals surface area contributed by atoms with Gasteiger partial charge in [-0.25, -0.2) is 14.8 Å². The van der Waals surface area contributed by atoms with Gasteiger partial charge < -0.3 is 15.1 Å². The number of urea groups is 1. The molecule has 1 N–H and O–H groups in total. The third-order valence-electron chi connectivity index (χ3n) is 2.98. The van der Waals surface area contributed by atoms with E-state index in [4.69, 9.17) is 0 Å². The van der Waals surface area contributed by atoms with Gasteiger partial charge in [-0.2, -0.15) is 0 Å². The maximum atomic E-state index is 11.7. The summed E-state index contributed by atoms with van der Waals surface area (Å²) in [5.41, 5.74) is 0. The van der Waals surface area contributed by atoms with E-state index < -0.39 is 0 Å². The Labute approximate surface area is 107 Å². The van der Waals surface area contributed by atoms with E-state index in [9.17, 15) is 4.79 Å². The Balaban J connectivity index is 1.92. The molecule has 0 bridgehead atoms. The Morgan fingerprint density at radius 3 is 2.72 bits per heavy atom. The predicted octanol–water partition coefficient (Wildman–Crippen LogP) is 0.637. The molecule has 18 heavy (non-hydrogen) atoms. The number of anilines is 1. The number of nitrogens with zero attached hydrogens (tertiary/aromatic N) is 4. The van der Waals surface area contributed by atoms with Gasteiger partial charge in [0.15, 0.2) is 0 Å². The highest BCUT2D eigenvalue weighted by atomic mass is 16.2. The van der Waals surface area contributed by atoms with Gasteiger partial charge in [0.05, 0.1) is 0 Å². The molecule has 0 aliphatic carbocycles. The zero-order valence-electron chi connectivity index (χ0n) is 10.9. The zero-order valence-corrected chi connectivity index (χ0v) is 10.9. The highest BCUT2D eigenvalue weighted by Gasteiger charge is 2.21. The molecule has 0 atom stereocenters. The minimum atomic E-state index is 0.0241. The maximum absolute atomic E-state index is 11.7. The zero-order chi connectivity index (χ0) is 13.0. The summed E-state index contributed by atoms with van der Waals surface area (Å²) in [5.74, 6) is 1.72. The summed E-state index contributed by atoms with van der Waals surface area (Å²) >= 11 is 0. The maximum Gasteiger partial charge on any atom is 0.317 e. The number of nitrogens with one attached hydrogen (secondary N) is 1. The monoisotopic (exact) mass is 249 g/mol. The highest BCUT2D eigenvalue weighted by Crippen LogP contribution is 2.12. The van der Waals surface area contributed by atoms with Crippen molar-refractivity contribution in [2.24, 2.45) is 0 Å². The second-order valence-corrected chi connectivity index (χ2v) is 4.27. The largest absolute Gasteiger partial charge is 0.353 e. The topological polar surface area (TPSA) is 61.4 Å². The van der Waals surface area contributed by atoms with Crippen LogP contribution >= 0.6 is 0 Å². The molecule has 0 unspecified atom stereocenters. The van der Waals surface area contributed by atoms with Crippen LogP contribution in [0.5, 0.6) is 0 Å². The molecule has 0 aromatic carbocycles. The number of carbonyl (C=O) groups excluding carboxylic acids is 1. The normalized spacial score (nSPS) is 15.7. The Bertz CT molecular complexity index is 415. The van der Waals surface area contributed by atoms with Gasteiger partial charge in [-0.3, -0.25) is 0 Å². The second-order valence-electron chi connectivity index (χ2n) is 4.27. The molecule has 6 nitrogen and oxygen atoms in total. The highest BCUT2D eigenvalue weighted by molar-refractivity contribution is 5.74. The molecule has 0 spiro atoms. The van der Waals surface area contributed by atoms with Crippen LogP contribution in [0.25, 0.3) is 0 Å². The quantitative estimate of drug-likeness (QED) is 0.835. The smallest absolute Gasteiger partial charge is 0.317 e. The van der Waals surface area contributed by atoms with Gasteiger partial charge >= 0.3 is 6.03 Å². The van der Waals surface area contributed by atoms with Crippen molar-refractivity contribution in [2.75, 3.05) is 37.6 Å². The Hall–Kier alpha value is -1.85. The van der Waals surface area contributed by atoms with Crippen molar-refractivity contribution in [3.05, 3.63) is 18.1 Å². The molecule has 0 saturated carbocycles.